The molecule has 1 saturated heterocycles. The largest absolute Gasteiger partial charge is 0.439 e. The molecule has 1 aliphatic rings. The Bertz CT molecular complexity index is 762. The molecule has 0 radical (unpaired) electrons. The van der Waals surface area contributed by atoms with Gasteiger partial charge in [0.1, 0.15) is 0 Å². The standard InChI is InChI=1S/C20H21N3O/c1-2-4-18(5-3-1)19-14-22-20(24-19)15-23-12-8-17(9-13-23)16-6-10-21-11-7-16/h1-7,10-11,14,17H,8-9,12-13,15H2. The maximum Gasteiger partial charge on any atom is 0.209 e. The van der Waals surface area contributed by atoms with Crippen molar-refractivity contribution < 1.29 is 4.42 Å². The van der Waals surface area contributed by atoms with Gasteiger partial charge in [-0.2, -0.15) is 0 Å². The molecule has 3 aromatic rings. The van der Waals surface area contributed by atoms with Gasteiger partial charge in [0, 0.05) is 18.0 Å². The molecule has 2 aromatic heterocycles. The molecule has 0 aliphatic carbocycles. The van der Waals surface area contributed by atoms with Crippen LogP contribution in [-0.4, -0.2) is 28.0 Å². The molecule has 0 unspecified atom stereocenters. The molecule has 0 spiro atoms. The van der Waals surface area contributed by atoms with Crippen molar-refractivity contribution in [1.29, 1.82) is 0 Å². The molecule has 1 fully saturated rings. The van der Waals surface area contributed by atoms with Gasteiger partial charge in [0.2, 0.25) is 5.89 Å². The van der Waals surface area contributed by atoms with Gasteiger partial charge in [0.15, 0.2) is 5.76 Å². The highest BCUT2D eigenvalue weighted by Gasteiger charge is 2.21. The van der Waals surface area contributed by atoms with Gasteiger partial charge in [-0.05, 0) is 49.5 Å². The van der Waals surface area contributed by atoms with E-state index in [1.54, 1.807) is 0 Å². The number of aromatic nitrogens is 2. The van der Waals surface area contributed by atoms with Gasteiger partial charge in [-0.1, -0.05) is 30.3 Å². The summed E-state index contributed by atoms with van der Waals surface area (Å²) in [4.78, 5) is 11.0. The van der Waals surface area contributed by atoms with E-state index in [0.29, 0.717) is 5.92 Å². The predicted molar refractivity (Wildman–Crippen MR) is 93.4 cm³/mol. The molecule has 4 nitrogen and oxygen atoms in total. The Morgan fingerprint density at radius 1 is 1.00 bits per heavy atom. The van der Waals surface area contributed by atoms with Crippen LogP contribution >= 0.6 is 0 Å². The second kappa shape index (κ2) is 6.97. The monoisotopic (exact) mass is 319 g/mol. The third-order valence-electron chi connectivity index (χ3n) is 4.74. The summed E-state index contributed by atoms with van der Waals surface area (Å²) in [6.45, 7) is 2.95. The fourth-order valence-corrected chi connectivity index (χ4v) is 3.37. The fourth-order valence-electron chi connectivity index (χ4n) is 3.37. The Balaban J connectivity index is 1.35. The lowest BCUT2D eigenvalue weighted by Crippen LogP contribution is -2.32. The Morgan fingerprint density at radius 2 is 1.75 bits per heavy atom. The van der Waals surface area contributed by atoms with E-state index in [-0.39, 0.29) is 0 Å². The maximum absolute atomic E-state index is 5.92. The zero-order valence-corrected chi connectivity index (χ0v) is 13.6. The van der Waals surface area contributed by atoms with Crippen LogP contribution in [-0.2, 0) is 6.54 Å². The summed E-state index contributed by atoms with van der Waals surface area (Å²) in [5.41, 5.74) is 2.49. The normalized spacial score (nSPS) is 16.3. The number of benzene rings is 1. The highest BCUT2D eigenvalue weighted by atomic mass is 16.4. The van der Waals surface area contributed by atoms with Crippen molar-refractivity contribution in [2.45, 2.75) is 25.3 Å². The van der Waals surface area contributed by atoms with Gasteiger partial charge in [0.05, 0.1) is 12.7 Å². The third kappa shape index (κ3) is 3.39. The van der Waals surface area contributed by atoms with Crippen molar-refractivity contribution in [1.82, 2.24) is 14.9 Å². The van der Waals surface area contributed by atoms with Crippen LogP contribution in [0.25, 0.3) is 11.3 Å². The van der Waals surface area contributed by atoms with Crippen LogP contribution in [0, 0.1) is 0 Å². The molecule has 4 heteroatoms. The van der Waals surface area contributed by atoms with E-state index in [1.807, 2.05) is 48.9 Å². The third-order valence-corrected chi connectivity index (χ3v) is 4.74. The minimum absolute atomic E-state index is 0.647. The van der Waals surface area contributed by atoms with Crippen LogP contribution < -0.4 is 0 Å². The first-order valence-electron chi connectivity index (χ1n) is 8.51. The van der Waals surface area contributed by atoms with Crippen LogP contribution in [0.3, 0.4) is 0 Å². The van der Waals surface area contributed by atoms with Crippen LogP contribution in [0.2, 0.25) is 0 Å². The Labute approximate surface area is 142 Å². The molecular weight excluding hydrogens is 298 g/mol. The zero-order valence-electron chi connectivity index (χ0n) is 13.6. The number of hydrogen-bond acceptors (Lipinski definition) is 4. The Hall–Kier alpha value is -2.46. The molecule has 4 rings (SSSR count). The zero-order chi connectivity index (χ0) is 16.2. The first-order chi connectivity index (χ1) is 11.9. The van der Waals surface area contributed by atoms with Gasteiger partial charge in [-0.25, -0.2) is 4.98 Å². The molecule has 3 heterocycles. The fraction of sp³-hybridized carbons (Fsp3) is 0.300. The molecule has 0 atom stereocenters. The first-order valence-corrected chi connectivity index (χ1v) is 8.51. The topological polar surface area (TPSA) is 42.2 Å². The number of hydrogen-bond donors (Lipinski definition) is 0. The number of nitrogens with zero attached hydrogens (tertiary/aromatic N) is 3. The number of oxazole rings is 1. The molecule has 1 aromatic carbocycles. The van der Waals surface area contributed by atoms with E-state index in [0.717, 1.165) is 36.8 Å². The van der Waals surface area contributed by atoms with Crippen molar-refractivity contribution in [2.24, 2.45) is 0 Å². The van der Waals surface area contributed by atoms with Crippen molar-refractivity contribution >= 4 is 0 Å². The van der Waals surface area contributed by atoms with E-state index in [9.17, 15) is 0 Å². The summed E-state index contributed by atoms with van der Waals surface area (Å²) in [5.74, 6) is 2.29. The lowest BCUT2D eigenvalue weighted by atomic mass is 9.90. The maximum atomic E-state index is 5.92. The molecule has 0 amide bonds. The lowest BCUT2D eigenvalue weighted by molar-refractivity contribution is 0.188. The summed E-state index contributed by atoms with van der Waals surface area (Å²) in [5, 5.41) is 0. The van der Waals surface area contributed by atoms with Gasteiger partial charge in [-0.15, -0.1) is 0 Å². The average molecular weight is 319 g/mol. The van der Waals surface area contributed by atoms with E-state index in [1.165, 1.54) is 18.4 Å². The van der Waals surface area contributed by atoms with Crippen LogP contribution in [0.15, 0.2) is 65.5 Å². The summed E-state index contributed by atoms with van der Waals surface area (Å²) in [6.07, 6.45) is 7.96. The molecule has 0 saturated carbocycles. The van der Waals surface area contributed by atoms with E-state index >= 15 is 0 Å². The van der Waals surface area contributed by atoms with Crippen molar-refractivity contribution in [3.63, 3.8) is 0 Å². The molecule has 0 bridgehead atoms. The SMILES string of the molecule is c1ccc(-c2cnc(CN3CCC(c4ccncc4)CC3)o2)cc1. The van der Waals surface area contributed by atoms with E-state index < -0.39 is 0 Å². The van der Waals surface area contributed by atoms with Gasteiger partial charge in [-0.3, -0.25) is 9.88 Å². The predicted octanol–water partition coefficient (Wildman–Crippen LogP) is 4.12. The van der Waals surface area contributed by atoms with Crippen molar-refractivity contribution in [3.8, 4) is 11.3 Å². The lowest BCUT2D eigenvalue weighted by Gasteiger charge is -2.31. The highest BCUT2D eigenvalue weighted by molar-refractivity contribution is 5.55. The smallest absolute Gasteiger partial charge is 0.209 e. The van der Waals surface area contributed by atoms with Gasteiger partial charge < -0.3 is 4.42 Å². The highest BCUT2D eigenvalue weighted by Crippen LogP contribution is 2.28. The number of likely N-dealkylation sites (tertiary alicyclic amines) is 1. The van der Waals surface area contributed by atoms with Crippen LogP contribution in [0.5, 0.6) is 0 Å². The minimum Gasteiger partial charge on any atom is -0.439 e. The summed E-state index contributed by atoms with van der Waals surface area (Å²) in [6, 6.07) is 14.4. The number of piperidine rings is 1. The van der Waals surface area contributed by atoms with Gasteiger partial charge in [0.25, 0.3) is 0 Å². The van der Waals surface area contributed by atoms with Crippen molar-refractivity contribution in [2.75, 3.05) is 13.1 Å². The second-order valence-electron chi connectivity index (χ2n) is 6.32. The molecule has 1 aliphatic heterocycles. The molecule has 0 N–H and O–H groups in total. The van der Waals surface area contributed by atoms with Crippen LogP contribution in [0.4, 0.5) is 0 Å². The minimum atomic E-state index is 0.647. The number of rotatable bonds is 4. The first kappa shape index (κ1) is 15.1. The van der Waals surface area contributed by atoms with Crippen LogP contribution in [0.1, 0.15) is 30.2 Å². The molecule has 122 valence electrons. The summed E-state index contributed by atoms with van der Waals surface area (Å²) >= 11 is 0. The number of pyridine rings is 1. The van der Waals surface area contributed by atoms with E-state index in [2.05, 4.69) is 27.0 Å². The Morgan fingerprint density at radius 3 is 2.50 bits per heavy atom. The molecular formula is C20H21N3O. The quantitative estimate of drug-likeness (QED) is 0.725. The Kier molecular flexibility index (Phi) is 4.38. The van der Waals surface area contributed by atoms with Gasteiger partial charge >= 0.3 is 0 Å². The van der Waals surface area contributed by atoms with E-state index in [4.69, 9.17) is 4.42 Å². The average Bonchev–Trinajstić information content (AvgIpc) is 3.12. The second-order valence-corrected chi connectivity index (χ2v) is 6.32. The summed E-state index contributed by atoms with van der Waals surface area (Å²) < 4.78 is 5.92. The summed E-state index contributed by atoms with van der Waals surface area (Å²) in [7, 11) is 0. The molecule has 24 heavy (non-hydrogen) atoms. The van der Waals surface area contributed by atoms with Crippen molar-refractivity contribution in [3.05, 3.63) is 72.5 Å².